The van der Waals surface area contributed by atoms with E-state index in [2.05, 4.69) is 4.98 Å². The largest absolute Gasteiger partial charge is 0.363 e. The van der Waals surface area contributed by atoms with E-state index in [-0.39, 0.29) is 12.2 Å². The third-order valence-electron chi connectivity index (χ3n) is 2.39. The topological polar surface area (TPSA) is 82.0 Å². The zero-order valence-corrected chi connectivity index (χ0v) is 7.18. The van der Waals surface area contributed by atoms with Gasteiger partial charge in [-0.25, -0.2) is 4.39 Å². The Hall–Kier alpha value is -1.56. The van der Waals surface area contributed by atoms with Gasteiger partial charge in [0.2, 0.25) is 0 Å². The van der Waals surface area contributed by atoms with Crippen LogP contribution < -0.4 is 5.73 Å². The minimum atomic E-state index is -1.06. The maximum Gasteiger partial charge on any atom is 0.363 e. The number of halogens is 1. The third kappa shape index (κ3) is 1.24. The van der Waals surface area contributed by atoms with Crippen molar-refractivity contribution in [3.8, 4) is 0 Å². The Labute approximate surface area is 78.9 Å². The summed E-state index contributed by atoms with van der Waals surface area (Å²) in [5, 5.41) is 10.3. The maximum atomic E-state index is 12.8. The minimum absolute atomic E-state index is 0.256. The summed E-state index contributed by atoms with van der Waals surface area (Å²) in [6, 6.07) is 2.68. The number of pyridine rings is 1. The second kappa shape index (κ2) is 2.71. The van der Waals surface area contributed by atoms with Crippen LogP contribution in [-0.2, 0) is 5.54 Å². The van der Waals surface area contributed by atoms with Crippen LogP contribution >= 0.6 is 0 Å². The molecule has 0 aliphatic heterocycles. The summed E-state index contributed by atoms with van der Waals surface area (Å²) in [4.78, 5) is 13.2. The average Bonchev–Trinajstić information content (AvgIpc) is 2.76. The number of nitrogens with zero attached hydrogens (tertiary/aromatic N) is 2. The smallest absolute Gasteiger partial charge is 0.358 e. The molecule has 0 radical (unpaired) electrons. The SMILES string of the molecule is NC1(c2ccc([N+](=O)[O-])nc2)CC1F. The van der Waals surface area contributed by atoms with Crippen molar-refractivity contribution >= 4 is 5.82 Å². The molecule has 6 heteroatoms. The number of alkyl halides is 1. The molecule has 5 nitrogen and oxygen atoms in total. The lowest BCUT2D eigenvalue weighted by atomic mass is 10.1. The van der Waals surface area contributed by atoms with E-state index in [1.165, 1.54) is 18.3 Å². The van der Waals surface area contributed by atoms with Crippen molar-refractivity contribution in [3.63, 3.8) is 0 Å². The summed E-state index contributed by atoms with van der Waals surface area (Å²) < 4.78 is 12.8. The fraction of sp³-hybridized carbons (Fsp3) is 0.375. The van der Waals surface area contributed by atoms with E-state index in [1.807, 2.05) is 0 Å². The normalized spacial score (nSPS) is 30.0. The summed E-state index contributed by atoms with van der Waals surface area (Å²) in [6.07, 6.45) is 0.454. The molecule has 0 spiro atoms. The van der Waals surface area contributed by atoms with E-state index < -0.39 is 16.6 Å². The molecule has 1 saturated carbocycles. The molecule has 1 aromatic rings. The minimum Gasteiger partial charge on any atom is -0.358 e. The van der Waals surface area contributed by atoms with Crippen LogP contribution in [0.3, 0.4) is 0 Å². The second-order valence-electron chi connectivity index (χ2n) is 3.37. The summed E-state index contributed by atoms with van der Waals surface area (Å²) in [7, 11) is 0. The molecule has 2 atom stereocenters. The molecule has 1 aromatic heterocycles. The molecule has 1 aliphatic rings. The van der Waals surface area contributed by atoms with Crippen molar-refractivity contribution in [1.82, 2.24) is 4.98 Å². The number of aromatic nitrogens is 1. The fourth-order valence-electron chi connectivity index (χ4n) is 1.31. The fourth-order valence-corrected chi connectivity index (χ4v) is 1.31. The lowest BCUT2D eigenvalue weighted by Gasteiger charge is -2.05. The van der Waals surface area contributed by atoms with Crippen LogP contribution in [0.25, 0.3) is 0 Å². The highest BCUT2D eigenvalue weighted by Crippen LogP contribution is 2.45. The van der Waals surface area contributed by atoms with E-state index in [0.29, 0.717) is 5.56 Å². The molecule has 14 heavy (non-hydrogen) atoms. The predicted octanol–water partition coefficient (Wildman–Crippen LogP) is 0.886. The number of nitrogens with two attached hydrogens (primary N) is 1. The first-order valence-corrected chi connectivity index (χ1v) is 4.08. The Kier molecular flexibility index (Phi) is 1.75. The molecule has 0 bridgehead atoms. The number of rotatable bonds is 2. The van der Waals surface area contributed by atoms with Crippen molar-refractivity contribution < 1.29 is 9.31 Å². The van der Waals surface area contributed by atoms with Crippen LogP contribution in [0.4, 0.5) is 10.2 Å². The van der Waals surface area contributed by atoms with E-state index in [4.69, 9.17) is 5.73 Å². The number of nitro groups is 1. The van der Waals surface area contributed by atoms with Gasteiger partial charge in [0.1, 0.15) is 12.4 Å². The predicted molar refractivity (Wildman–Crippen MR) is 46.3 cm³/mol. The third-order valence-corrected chi connectivity index (χ3v) is 2.39. The zero-order valence-electron chi connectivity index (χ0n) is 7.18. The summed E-state index contributed by atoms with van der Waals surface area (Å²) in [5.41, 5.74) is 5.19. The summed E-state index contributed by atoms with van der Waals surface area (Å²) >= 11 is 0. The Balaban J connectivity index is 2.27. The Bertz CT molecular complexity index is 381. The average molecular weight is 197 g/mol. The lowest BCUT2D eigenvalue weighted by molar-refractivity contribution is -0.389. The van der Waals surface area contributed by atoms with Gasteiger partial charge in [0.25, 0.3) is 0 Å². The Morgan fingerprint density at radius 1 is 1.71 bits per heavy atom. The molecular formula is C8H8FN3O2. The van der Waals surface area contributed by atoms with E-state index >= 15 is 0 Å². The van der Waals surface area contributed by atoms with E-state index in [0.717, 1.165) is 0 Å². The first-order valence-electron chi connectivity index (χ1n) is 4.08. The molecule has 1 aliphatic carbocycles. The van der Waals surface area contributed by atoms with Gasteiger partial charge in [-0.05, 0) is 16.0 Å². The summed E-state index contributed by atoms with van der Waals surface area (Å²) in [5.74, 6) is -0.256. The Morgan fingerprint density at radius 2 is 2.36 bits per heavy atom. The molecule has 0 saturated heterocycles. The molecule has 1 fully saturated rings. The van der Waals surface area contributed by atoms with Crippen molar-refractivity contribution in [2.24, 2.45) is 5.73 Å². The monoisotopic (exact) mass is 197 g/mol. The van der Waals surface area contributed by atoms with Crippen molar-refractivity contribution in [3.05, 3.63) is 34.0 Å². The molecule has 2 unspecified atom stereocenters. The number of hydrogen-bond donors (Lipinski definition) is 1. The highest BCUT2D eigenvalue weighted by molar-refractivity contribution is 5.34. The second-order valence-corrected chi connectivity index (χ2v) is 3.37. The lowest BCUT2D eigenvalue weighted by Crippen LogP contribution is -2.22. The van der Waals surface area contributed by atoms with Gasteiger partial charge >= 0.3 is 5.82 Å². The standard InChI is InChI=1S/C8H8FN3O2/c9-6-3-8(6,10)5-1-2-7(11-4-5)12(13)14/h1-2,4,6H,3,10H2. The van der Waals surface area contributed by atoms with Crippen molar-refractivity contribution in [2.75, 3.05) is 0 Å². The van der Waals surface area contributed by atoms with Gasteiger partial charge in [-0.1, -0.05) is 0 Å². The van der Waals surface area contributed by atoms with Gasteiger partial charge in [-0.2, -0.15) is 0 Å². The van der Waals surface area contributed by atoms with Crippen LogP contribution in [0.5, 0.6) is 0 Å². The molecule has 0 aromatic carbocycles. The van der Waals surface area contributed by atoms with Gasteiger partial charge in [-0.3, -0.25) is 0 Å². The van der Waals surface area contributed by atoms with Gasteiger partial charge in [0, 0.05) is 18.1 Å². The molecule has 2 N–H and O–H groups in total. The highest BCUT2D eigenvalue weighted by Gasteiger charge is 2.54. The van der Waals surface area contributed by atoms with Crippen LogP contribution in [0.1, 0.15) is 12.0 Å². The first kappa shape index (κ1) is 9.01. The van der Waals surface area contributed by atoms with Crippen LogP contribution in [0, 0.1) is 10.1 Å². The maximum absolute atomic E-state index is 12.8. The van der Waals surface area contributed by atoms with E-state index in [1.54, 1.807) is 0 Å². The Morgan fingerprint density at radius 3 is 2.71 bits per heavy atom. The quantitative estimate of drug-likeness (QED) is 0.563. The van der Waals surface area contributed by atoms with Crippen LogP contribution in [-0.4, -0.2) is 16.1 Å². The molecule has 1 heterocycles. The molecular weight excluding hydrogens is 189 g/mol. The van der Waals surface area contributed by atoms with Gasteiger partial charge in [-0.15, -0.1) is 0 Å². The highest BCUT2D eigenvalue weighted by atomic mass is 19.1. The van der Waals surface area contributed by atoms with Crippen molar-refractivity contribution in [2.45, 2.75) is 18.1 Å². The first-order chi connectivity index (χ1) is 6.54. The molecule has 0 amide bonds. The molecule has 74 valence electrons. The van der Waals surface area contributed by atoms with Crippen molar-refractivity contribution in [1.29, 1.82) is 0 Å². The molecule has 2 rings (SSSR count). The summed E-state index contributed by atoms with van der Waals surface area (Å²) in [6.45, 7) is 0. The van der Waals surface area contributed by atoms with Gasteiger partial charge < -0.3 is 15.8 Å². The number of hydrogen-bond acceptors (Lipinski definition) is 4. The van der Waals surface area contributed by atoms with Crippen LogP contribution in [0.2, 0.25) is 0 Å². The van der Waals surface area contributed by atoms with E-state index in [9.17, 15) is 14.5 Å². The van der Waals surface area contributed by atoms with Crippen LogP contribution in [0.15, 0.2) is 18.3 Å². The van der Waals surface area contributed by atoms with Gasteiger partial charge in [0.05, 0.1) is 5.54 Å². The van der Waals surface area contributed by atoms with Gasteiger partial charge in [0.15, 0.2) is 0 Å². The zero-order chi connectivity index (χ0) is 10.3.